The predicted octanol–water partition coefficient (Wildman–Crippen LogP) is 0.918. The SMILES string of the molecule is NC1=NCC2(CC1)CC2. The van der Waals surface area contributed by atoms with Gasteiger partial charge in [-0.1, -0.05) is 0 Å². The number of aliphatic imine (C=N–C) groups is 1. The molecule has 1 aliphatic heterocycles. The summed E-state index contributed by atoms with van der Waals surface area (Å²) in [6.07, 6.45) is 5.12. The highest BCUT2D eigenvalue weighted by Gasteiger charge is 2.43. The van der Waals surface area contributed by atoms with Gasteiger partial charge in [0.25, 0.3) is 0 Å². The highest BCUT2D eigenvalue weighted by Crippen LogP contribution is 2.51. The highest BCUT2D eigenvalue weighted by atomic mass is 14.9. The molecular formula is C7H12N2. The molecule has 1 heterocycles. The van der Waals surface area contributed by atoms with Crippen LogP contribution in [0.3, 0.4) is 0 Å². The summed E-state index contributed by atoms with van der Waals surface area (Å²) in [5.74, 6) is 0.868. The Bertz CT molecular complexity index is 156. The standard InChI is InChI=1S/C7H12N2/c8-6-1-2-7(3-4-7)5-9-6/h1-5H2,(H2,8,9). The first kappa shape index (κ1) is 5.27. The molecule has 9 heavy (non-hydrogen) atoms. The Morgan fingerprint density at radius 2 is 2.11 bits per heavy atom. The zero-order chi connectivity index (χ0) is 6.32. The molecule has 2 aliphatic rings. The summed E-state index contributed by atoms with van der Waals surface area (Å²) in [6.45, 7) is 1.01. The second kappa shape index (κ2) is 1.49. The van der Waals surface area contributed by atoms with E-state index in [0.29, 0.717) is 5.41 Å². The Hall–Kier alpha value is -0.530. The fraction of sp³-hybridized carbons (Fsp3) is 0.857. The molecule has 2 nitrogen and oxygen atoms in total. The predicted molar refractivity (Wildman–Crippen MR) is 37.4 cm³/mol. The molecule has 1 aliphatic carbocycles. The minimum atomic E-state index is 0.642. The zero-order valence-electron chi connectivity index (χ0n) is 5.56. The van der Waals surface area contributed by atoms with Gasteiger partial charge < -0.3 is 5.73 Å². The average molecular weight is 124 g/mol. The van der Waals surface area contributed by atoms with E-state index in [4.69, 9.17) is 5.73 Å². The molecule has 2 rings (SSSR count). The van der Waals surface area contributed by atoms with Crippen LogP contribution in [0.15, 0.2) is 4.99 Å². The number of rotatable bonds is 0. The van der Waals surface area contributed by atoms with Crippen molar-refractivity contribution in [2.24, 2.45) is 16.1 Å². The Morgan fingerprint density at radius 3 is 2.56 bits per heavy atom. The third-order valence-electron chi connectivity index (χ3n) is 2.49. The Kier molecular flexibility index (Phi) is 0.875. The smallest absolute Gasteiger partial charge is 0.0937 e. The van der Waals surface area contributed by atoms with Crippen molar-refractivity contribution in [2.45, 2.75) is 25.7 Å². The van der Waals surface area contributed by atoms with Gasteiger partial charge >= 0.3 is 0 Å². The zero-order valence-corrected chi connectivity index (χ0v) is 5.56. The van der Waals surface area contributed by atoms with Gasteiger partial charge in [-0.2, -0.15) is 0 Å². The molecule has 2 N–H and O–H groups in total. The highest BCUT2D eigenvalue weighted by molar-refractivity contribution is 5.81. The van der Waals surface area contributed by atoms with Crippen LogP contribution in [0, 0.1) is 5.41 Å². The lowest BCUT2D eigenvalue weighted by atomic mass is 9.98. The molecule has 0 aromatic rings. The lowest BCUT2D eigenvalue weighted by Crippen LogP contribution is -2.22. The van der Waals surface area contributed by atoms with Gasteiger partial charge in [-0.25, -0.2) is 0 Å². The largest absolute Gasteiger partial charge is 0.387 e. The Labute approximate surface area is 55.2 Å². The minimum absolute atomic E-state index is 0.642. The fourth-order valence-corrected chi connectivity index (χ4v) is 1.41. The molecule has 2 heteroatoms. The maximum Gasteiger partial charge on any atom is 0.0937 e. The van der Waals surface area contributed by atoms with Crippen molar-refractivity contribution in [2.75, 3.05) is 6.54 Å². The number of hydrogen-bond donors (Lipinski definition) is 1. The van der Waals surface area contributed by atoms with Gasteiger partial charge in [0.15, 0.2) is 0 Å². The lowest BCUT2D eigenvalue weighted by Gasteiger charge is -2.17. The van der Waals surface area contributed by atoms with Crippen molar-refractivity contribution < 1.29 is 0 Å². The fourth-order valence-electron chi connectivity index (χ4n) is 1.41. The van der Waals surface area contributed by atoms with Gasteiger partial charge in [0.2, 0.25) is 0 Å². The van der Waals surface area contributed by atoms with Gasteiger partial charge in [-0.05, 0) is 24.7 Å². The monoisotopic (exact) mass is 124 g/mol. The van der Waals surface area contributed by atoms with Crippen LogP contribution in [0.2, 0.25) is 0 Å². The molecule has 1 spiro atoms. The van der Waals surface area contributed by atoms with E-state index in [2.05, 4.69) is 4.99 Å². The second-order valence-electron chi connectivity index (χ2n) is 3.31. The molecule has 0 unspecified atom stereocenters. The van der Waals surface area contributed by atoms with Crippen LogP contribution in [0.4, 0.5) is 0 Å². The van der Waals surface area contributed by atoms with Crippen molar-refractivity contribution in [3.05, 3.63) is 0 Å². The molecule has 1 fully saturated rings. The van der Waals surface area contributed by atoms with Gasteiger partial charge in [-0.15, -0.1) is 0 Å². The number of nitrogens with two attached hydrogens (primary N) is 1. The maximum absolute atomic E-state index is 5.53. The molecule has 50 valence electrons. The Balaban J connectivity index is 2.07. The average Bonchev–Trinajstić information content (AvgIpc) is 2.60. The molecule has 0 aromatic carbocycles. The molecule has 0 radical (unpaired) electrons. The normalized spacial score (nSPS) is 30.0. The summed E-state index contributed by atoms with van der Waals surface area (Å²) in [6, 6.07) is 0. The summed E-state index contributed by atoms with van der Waals surface area (Å²) in [4.78, 5) is 4.24. The molecule has 1 saturated carbocycles. The first-order valence-corrected chi connectivity index (χ1v) is 3.60. The van der Waals surface area contributed by atoms with Crippen LogP contribution in [0.25, 0.3) is 0 Å². The van der Waals surface area contributed by atoms with E-state index >= 15 is 0 Å². The van der Waals surface area contributed by atoms with Gasteiger partial charge in [-0.3, -0.25) is 4.99 Å². The quantitative estimate of drug-likeness (QED) is 0.512. The Morgan fingerprint density at radius 1 is 1.33 bits per heavy atom. The van der Waals surface area contributed by atoms with Crippen LogP contribution in [-0.2, 0) is 0 Å². The molecular weight excluding hydrogens is 112 g/mol. The number of nitrogens with zero attached hydrogens (tertiary/aromatic N) is 1. The topological polar surface area (TPSA) is 38.4 Å². The maximum atomic E-state index is 5.53. The van der Waals surface area contributed by atoms with Crippen LogP contribution in [0.1, 0.15) is 25.7 Å². The van der Waals surface area contributed by atoms with E-state index in [1.807, 2.05) is 0 Å². The van der Waals surface area contributed by atoms with E-state index in [1.54, 1.807) is 0 Å². The number of hydrogen-bond acceptors (Lipinski definition) is 2. The van der Waals surface area contributed by atoms with Crippen molar-refractivity contribution in [1.29, 1.82) is 0 Å². The van der Waals surface area contributed by atoms with Crippen LogP contribution < -0.4 is 5.73 Å². The second-order valence-corrected chi connectivity index (χ2v) is 3.31. The van der Waals surface area contributed by atoms with Crippen LogP contribution >= 0.6 is 0 Å². The first-order chi connectivity index (χ1) is 4.31. The summed E-state index contributed by atoms with van der Waals surface area (Å²) in [5, 5.41) is 0. The summed E-state index contributed by atoms with van der Waals surface area (Å²) < 4.78 is 0. The van der Waals surface area contributed by atoms with E-state index in [-0.39, 0.29) is 0 Å². The first-order valence-electron chi connectivity index (χ1n) is 3.60. The third kappa shape index (κ3) is 0.824. The van der Waals surface area contributed by atoms with Gasteiger partial charge in [0.1, 0.15) is 0 Å². The van der Waals surface area contributed by atoms with E-state index < -0.39 is 0 Å². The van der Waals surface area contributed by atoms with Crippen molar-refractivity contribution >= 4 is 5.84 Å². The van der Waals surface area contributed by atoms with Crippen molar-refractivity contribution in [3.63, 3.8) is 0 Å². The van der Waals surface area contributed by atoms with E-state index in [0.717, 1.165) is 18.8 Å². The van der Waals surface area contributed by atoms with Crippen molar-refractivity contribution in [1.82, 2.24) is 0 Å². The summed E-state index contributed by atoms with van der Waals surface area (Å²) >= 11 is 0. The van der Waals surface area contributed by atoms with E-state index in [9.17, 15) is 0 Å². The summed E-state index contributed by atoms with van der Waals surface area (Å²) in [5.41, 5.74) is 6.18. The van der Waals surface area contributed by atoms with Gasteiger partial charge in [0.05, 0.1) is 5.84 Å². The van der Waals surface area contributed by atoms with E-state index in [1.165, 1.54) is 19.3 Å². The third-order valence-corrected chi connectivity index (χ3v) is 2.49. The molecule has 0 saturated heterocycles. The molecule has 0 bridgehead atoms. The van der Waals surface area contributed by atoms with Crippen LogP contribution in [0.5, 0.6) is 0 Å². The summed E-state index contributed by atoms with van der Waals surface area (Å²) in [7, 11) is 0. The number of amidine groups is 1. The van der Waals surface area contributed by atoms with Gasteiger partial charge in [0, 0.05) is 13.0 Å². The minimum Gasteiger partial charge on any atom is -0.387 e. The molecule has 0 aromatic heterocycles. The van der Waals surface area contributed by atoms with Crippen LogP contribution in [-0.4, -0.2) is 12.4 Å². The molecule has 0 atom stereocenters. The lowest BCUT2D eigenvalue weighted by molar-refractivity contribution is 0.471. The molecule has 0 amide bonds. The van der Waals surface area contributed by atoms with Crippen molar-refractivity contribution in [3.8, 4) is 0 Å².